The van der Waals surface area contributed by atoms with E-state index in [2.05, 4.69) is 144 Å². The van der Waals surface area contributed by atoms with Crippen LogP contribution in [-0.4, -0.2) is 16.7 Å². The van der Waals surface area contributed by atoms with E-state index in [0.717, 1.165) is 72.2 Å². The zero-order valence-corrected chi connectivity index (χ0v) is 26.3. The van der Waals surface area contributed by atoms with E-state index in [4.69, 9.17) is 14.4 Å². The largest absolute Gasteiger partial charge is 0.456 e. The average molecular weight is 629 g/mol. The van der Waals surface area contributed by atoms with Crippen molar-refractivity contribution in [2.24, 2.45) is 9.98 Å². The maximum absolute atomic E-state index is 6.27. The summed E-state index contributed by atoms with van der Waals surface area (Å²) in [4.78, 5) is 15.0. The van der Waals surface area contributed by atoms with Gasteiger partial charge in [-0.05, 0) is 85.4 Å². The predicted molar refractivity (Wildman–Crippen MR) is 201 cm³/mol. The van der Waals surface area contributed by atoms with Gasteiger partial charge in [0.15, 0.2) is 6.17 Å². The van der Waals surface area contributed by atoms with Crippen molar-refractivity contribution in [1.82, 2.24) is 10.3 Å². The molecular weight excluding hydrogens is 601 g/mol. The van der Waals surface area contributed by atoms with Crippen LogP contribution in [-0.2, 0) is 0 Å². The topological polar surface area (TPSA) is 62.8 Å². The van der Waals surface area contributed by atoms with Crippen LogP contribution in [0.1, 0.15) is 22.9 Å². The van der Waals surface area contributed by atoms with E-state index in [1.54, 1.807) is 6.20 Å². The van der Waals surface area contributed by atoms with Gasteiger partial charge in [0.05, 0.1) is 0 Å². The Balaban J connectivity index is 1.19. The normalized spacial score (nSPS) is 13.6. The summed E-state index contributed by atoms with van der Waals surface area (Å²) in [6.07, 6.45) is 3.19. The van der Waals surface area contributed by atoms with E-state index < -0.39 is 6.17 Å². The molecule has 0 fully saturated rings. The van der Waals surface area contributed by atoms with Crippen LogP contribution in [0.4, 0.5) is 0 Å². The van der Waals surface area contributed by atoms with Crippen LogP contribution < -0.4 is 5.32 Å². The number of fused-ring (bicyclic) bond motifs is 6. The molecular formula is C44H28N4O. The van der Waals surface area contributed by atoms with Gasteiger partial charge in [0.2, 0.25) is 0 Å². The van der Waals surface area contributed by atoms with Crippen molar-refractivity contribution in [3.8, 4) is 11.1 Å². The molecule has 1 N–H and O–H groups in total. The lowest BCUT2D eigenvalue weighted by atomic mass is 9.92. The van der Waals surface area contributed by atoms with Gasteiger partial charge in [-0.1, -0.05) is 109 Å². The number of nitrogens with one attached hydrogen (secondary N) is 1. The van der Waals surface area contributed by atoms with Crippen molar-refractivity contribution < 1.29 is 4.42 Å². The molecule has 49 heavy (non-hydrogen) atoms. The molecule has 9 aromatic rings. The third-order valence-corrected chi connectivity index (χ3v) is 9.55. The van der Waals surface area contributed by atoms with E-state index >= 15 is 0 Å². The molecule has 0 saturated carbocycles. The van der Waals surface area contributed by atoms with Crippen LogP contribution in [0.25, 0.3) is 65.4 Å². The van der Waals surface area contributed by atoms with Crippen molar-refractivity contribution in [1.29, 1.82) is 0 Å². The van der Waals surface area contributed by atoms with Crippen molar-refractivity contribution in [2.75, 3.05) is 0 Å². The van der Waals surface area contributed by atoms with Crippen LogP contribution in [0.2, 0.25) is 0 Å². The van der Waals surface area contributed by atoms with Gasteiger partial charge in [-0.2, -0.15) is 0 Å². The van der Waals surface area contributed by atoms with Crippen molar-refractivity contribution in [2.45, 2.75) is 6.17 Å². The van der Waals surface area contributed by atoms with Gasteiger partial charge in [-0.15, -0.1) is 0 Å². The monoisotopic (exact) mass is 628 g/mol. The van der Waals surface area contributed by atoms with Crippen LogP contribution in [0.15, 0.2) is 172 Å². The van der Waals surface area contributed by atoms with E-state index in [0.29, 0.717) is 0 Å². The first kappa shape index (κ1) is 27.5. The summed E-state index contributed by atoms with van der Waals surface area (Å²) in [5, 5.41) is 12.7. The molecule has 5 heteroatoms. The van der Waals surface area contributed by atoms with Crippen LogP contribution in [0.3, 0.4) is 0 Å². The second kappa shape index (κ2) is 11.0. The highest BCUT2D eigenvalue weighted by Gasteiger charge is 2.23. The fourth-order valence-electron chi connectivity index (χ4n) is 7.17. The average Bonchev–Trinajstić information content (AvgIpc) is 3.56. The molecule has 3 heterocycles. The summed E-state index contributed by atoms with van der Waals surface area (Å²) in [7, 11) is 0. The minimum atomic E-state index is -0.477. The van der Waals surface area contributed by atoms with Gasteiger partial charge in [-0.3, -0.25) is 4.98 Å². The van der Waals surface area contributed by atoms with Crippen molar-refractivity contribution in [3.05, 3.63) is 175 Å². The van der Waals surface area contributed by atoms with E-state index in [1.165, 1.54) is 21.5 Å². The molecule has 1 aliphatic heterocycles. The zero-order valence-electron chi connectivity index (χ0n) is 26.3. The first-order valence-corrected chi connectivity index (χ1v) is 16.4. The molecule has 0 aliphatic carbocycles. The minimum absolute atomic E-state index is 0.477. The number of pyridine rings is 1. The Morgan fingerprint density at radius 3 is 1.86 bits per heavy atom. The quantitative estimate of drug-likeness (QED) is 0.211. The molecule has 230 valence electrons. The summed E-state index contributed by atoms with van der Waals surface area (Å²) in [5.74, 6) is 1.58. The third-order valence-electron chi connectivity index (χ3n) is 9.55. The highest BCUT2D eigenvalue weighted by molar-refractivity contribution is 6.18. The van der Waals surface area contributed by atoms with Gasteiger partial charge in [0.25, 0.3) is 0 Å². The van der Waals surface area contributed by atoms with Crippen LogP contribution in [0, 0.1) is 0 Å². The van der Waals surface area contributed by atoms with Gasteiger partial charge < -0.3 is 9.73 Å². The number of benzene rings is 7. The predicted octanol–water partition coefficient (Wildman–Crippen LogP) is 10.6. The summed E-state index contributed by atoms with van der Waals surface area (Å²) in [6.45, 7) is 0. The first-order chi connectivity index (χ1) is 24.2. The van der Waals surface area contributed by atoms with Crippen molar-refractivity contribution in [3.63, 3.8) is 0 Å². The Morgan fingerprint density at radius 1 is 0.490 bits per heavy atom. The summed E-state index contributed by atoms with van der Waals surface area (Å²) in [5.41, 5.74) is 6.90. The molecule has 0 unspecified atom stereocenters. The number of aromatic nitrogens is 1. The van der Waals surface area contributed by atoms with E-state index in [9.17, 15) is 0 Å². The van der Waals surface area contributed by atoms with Gasteiger partial charge in [0, 0.05) is 34.3 Å². The van der Waals surface area contributed by atoms with Gasteiger partial charge >= 0.3 is 0 Å². The lowest BCUT2D eigenvalue weighted by Crippen LogP contribution is -2.36. The SMILES string of the molecule is c1ccc2cc(C3=NC(c4cc(-c5cccc6oc7ccncc7c56)c5ccccc5c4)N=C(c4ccc5ccccc5c4)N3)ccc2c1. The van der Waals surface area contributed by atoms with Gasteiger partial charge in [-0.25, -0.2) is 9.98 Å². The second-order valence-corrected chi connectivity index (χ2v) is 12.5. The fourth-order valence-corrected chi connectivity index (χ4v) is 7.17. The van der Waals surface area contributed by atoms with Gasteiger partial charge in [0.1, 0.15) is 22.8 Å². The highest BCUT2D eigenvalue weighted by Crippen LogP contribution is 2.41. The smallest absolute Gasteiger partial charge is 0.169 e. The molecule has 1 aliphatic rings. The standard InChI is InChI=1S/C44H28N4O/c1-3-10-29-22-32(18-16-27(29)8-1)42-46-43(33-19-17-28-9-2-4-11-30(28)23-33)48-44(47-42)34-24-31-12-5-6-13-35(31)37(25-34)36-14-7-15-40-41(36)38-26-45-21-20-39(38)49-40/h1-26,44H,(H,46,47,48). The molecule has 0 atom stereocenters. The molecule has 0 saturated heterocycles. The number of hydrogen-bond donors (Lipinski definition) is 1. The Kier molecular flexibility index (Phi) is 6.18. The summed E-state index contributed by atoms with van der Waals surface area (Å²) in [6, 6.07) is 51.0. The minimum Gasteiger partial charge on any atom is -0.456 e. The maximum Gasteiger partial charge on any atom is 0.169 e. The van der Waals surface area contributed by atoms with E-state index in [1.807, 2.05) is 18.3 Å². The molecule has 0 amide bonds. The fraction of sp³-hybridized carbons (Fsp3) is 0.0227. The number of furan rings is 1. The number of aliphatic imine (C=N–C) groups is 2. The Hall–Kier alpha value is -6.59. The summed E-state index contributed by atoms with van der Waals surface area (Å²) < 4.78 is 6.27. The second-order valence-electron chi connectivity index (χ2n) is 12.5. The molecule has 0 radical (unpaired) electrons. The lowest BCUT2D eigenvalue weighted by molar-refractivity contribution is 0.668. The van der Waals surface area contributed by atoms with Crippen LogP contribution >= 0.6 is 0 Å². The molecule has 10 rings (SSSR count). The molecule has 5 nitrogen and oxygen atoms in total. The van der Waals surface area contributed by atoms with Crippen molar-refractivity contribution >= 4 is 65.9 Å². The lowest BCUT2D eigenvalue weighted by Gasteiger charge is -2.23. The maximum atomic E-state index is 6.27. The number of rotatable bonds is 4. The molecule has 0 spiro atoms. The highest BCUT2D eigenvalue weighted by atomic mass is 16.3. The Bertz CT molecular complexity index is 2730. The van der Waals surface area contributed by atoms with E-state index in [-0.39, 0.29) is 0 Å². The zero-order chi connectivity index (χ0) is 32.3. The Morgan fingerprint density at radius 2 is 1.14 bits per heavy atom. The molecule has 2 aromatic heterocycles. The molecule has 7 aromatic carbocycles. The third kappa shape index (κ3) is 4.67. The molecule has 0 bridgehead atoms. The Labute approximate surface area is 281 Å². The van der Waals surface area contributed by atoms with Crippen LogP contribution in [0.5, 0.6) is 0 Å². The number of hydrogen-bond acceptors (Lipinski definition) is 5. The summed E-state index contributed by atoms with van der Waals surface area (Å²) >= 11 is 0. The number of nitrogens with zero attached hydrogens (tertiary/aromatic N) is 3. The first-order valence-electron chi connectivity index (χ1n) is 16.4. The number of amidine groups is 2.